The van der Waals surface area contributed by atoms with Crippen molar-refractivity contribution in [3.63, 3.8) is 0 Å². The van der Waals surface area contributed by atoms with Crippen molar-refractivity contribution in [1.82, 2.24) is 10.7 Å². The second-order valence-electron chi connectivity index (χ2n) is 1.84. The van der Waals surface area contributed by atoms with Crippen molar-refractivity contribution >= 4 is 0 Å². The SMILES string of the molecule is N#Cc1cc(C[NH])ccn1. The Morgan fingerprint density at radius 2 is 2.50 bits per heavy atom. The maximum Gasteiger partial charge on any atom is 0.140 e. The summed E-state index contributed by atoms with van der Waals surface area (Å²) in [7, 11) is 0. The molecule has 0 unspecified atom stereocenters. The first-order valence-corrected chi connectivity index (χ1v) is 2.86. The van der Waals surface area contributed by atoms with Gasteiger partial charge in [0.2, 0.25) is 0 Å². The third kappa shape index (κ3) is 1.30. The lowest BCUT2D eigenvalue weighted by Crippen LogP contribution is -1.87. The third-order valence-corrected chi connectivity index (χ3v) is 1.14. The van der Waals surface area contributed by atoms with Crippen LogP contribution >= 0.6 is 0 Å². The fourth-order valence-corrected chi connectivity index (χ4v) is 0.645. The molecule has 0 bridgehead atoms. The number of nitriles is 1. The van der Waals surface area contributed by atoms with Crippen molar-refractivity contribution in [2.24, 2.45) is 0 Å². The summed E-state index contributed by atoms with van der Waals surface area (Å²) in [6, 6.07) is 5.26. The molecule has 3 heteroatoms. The Labute approximate surface area is 59.1 Å². The van der Waals surface area contributed by atoms with Crippen LogP contribution in [0.25, 0.3) is 0 Å². The summed E-state index contributed by atoms with van der Waals surface area (Å²) in [5.74, 6) is 0. The molecule has 0 amide bonds. The van der Waals surface area contributed by atoms with Gasteiger partial charge in [-0.3, -0.25) is 5.73 Å². The predicted molar refractivity (Wildman–Crippen MR) is 35.8 cm³/mol. The fraction of sp³-hybridized carbons (Fsp3) is 0.143. The predicted octanol–water partition coefficient (Wildman–Crippen LogP) is 0.736. The minimum Gasteiger partial charge on any atom is -0.253 e. The van der Waals surface area contributed by atoms with E-state index in [0.29, 0.717) is 5.69 Å². The van der Waals surface area contributed by atoms with E-state index in [0.717, 1.165) is 5.56 Å². The Balaban J connectivity index is 3.01. The molecule has 49 valence electrons. The summed E-state index contributed by atoms with van der Waals surface area (Å²) in [5, 5.41) is 8.38. The quantitative estimate of drug-likeness (QED) is 0.565. The van der Waals surface area contributed by atoms with Crippen molar-refractivity contribution in [3.05, 3.63) is 29.6 Å². The summed E-state index contributed by atoms with van der Waals surface area (Å²) in [5.41, 5.74) is 8.18. The van der Waals surface area contributed by atoms with E-state index in [1.54, 1.807) is 18.3 Å². The largest absolute Gasteiger partial charge is 0.253 e. The molecule has 1 rings (SSSR count). The zero-order valence-electron chi connectivity index (χ0n) is 5.33. The van der Waals surface area contributed by atoms with Crippen LogP contribution in [0.4, 0.5) is 0 Å². The number of hydrogen-bond donors (Lipinski definition) is 0. The van der Waals surface area contributed by atoms with Gasteiger partial charge < -0.3 is 0 Å². The Morgan fingerprint density at radius 3 is 3.10 bits per heavy atom. The molecule has 0 atom stereocenters. The second-order valence-corrected chi connectivity index (χ2v) is 1.84. The highest BCUT2D eigenvalue weighted by molar-refractivity contribution is 5.24. The zero-order chi connectivity index (χ0) is 7.40. The molecule has 0 fully saturated rings. The average molecular weight is 132 g/mol. The van der Waals surface area contributed by atoms with E-state index in [4.69, 9.17) is 11.0 Å². The van der Waals surface area contributed by atoms with Crippen molar-refractivity contribution in [1.29, 1.82) is 5.26 Å². The van der Waals surface area contributed by atoms with Crippen molar-refractivity contribution in [3.8, 4) is 6.07 Å². The molecule has 3 nitrogen and oxygen atoms in total. The van der Waals surface area contributed by atoms with E-state index < -0.39 is 0 Å². The minimum atomic E-state index is 0.206. The summed E-state index contributed by atoms with van der Waals surface area (Å²) in [4.78, 5) is 3.76. The molecule has 1 aromatic heterocycles. The molecule has 0 aromatic carbocycles. The van der Waals surface area contributed by atoms with Crippen LogP contribution in [0.15, 0.2) is 18.3 Å². The monoisotopic (exact) mass is 132 g/mol. The molecule has 0 saturated carbocycles. The summed E-state index contributed by atoms with van der Waals surface area (Å²) in [6.07, 6.45) is 1.54. The molecule has 1 aromatic rings. The minimum absolute atomic E-state index is 0.206. The first-order chi connectivity index (χ1) is 4.86. The maximum absolute atomic E-state index is 8.38. The summed E-state index contributed by atoms with van der Waals surface area (Å²) >= 11 is 0. The van der Waals surface area contributed by atoms with Gasteiger partial charge in [0, 0.05) is 12.7 Å². The highest BCUT2D eigenvalue weighted by Crippen LogP contribution is 1.98. The number of aromatic nitrogens is 1. The van der Waals surface area contributed by atoms with Crippen LogP contribution in [0.1, 0.15) is 11.3 Å². The van der Waals surface area contributed by atoms with Gasteiger partial charge in [0.15, 0.2) is 0 Å². The first-order valence-electron chi connectivity index (χ1n) is 2.86. The van der Waals surface area contributed by atoms with Gasteiger partial charge in [-0.25, -0.2) is 4.98 Å². The standard InChI is InChI=1S/C7H6N3/c8-4-6-1-2-10-7(3-6)5-9/h1-3,8H,4H2. The normalized spacial score (nSPS) is 8.80. The number of pyridine rings is 1. The van der Waals surface area contributed by atoms with Crippen LogP contribution in [-0.4, -0.2) is 4.98 Å². The van der Waals surface area contributed by atoms with Gasteiger partial charge in [0.05, 0.1) is 0 Å². The van der Waals surface area contributed by atoms with Gasteiger partial charge in [-0.15, -0.1) is 0 Å². The Morgan fingerprint density at radius 1 is 1.70 bits per heavy atom. The second kappa shape index (κ2) is 2.95. The maximum atomic E-state index is 8.38. The zero-order valence-corrected chi connectivity index (χ0v) is 5.33. The third-order valence-electron chi connectivity index (χ3n) is 1.14. The van der Waals surface area contributed by atoms with Crippen molar-refractivity contribution in [2.75, 3.05) is 0 Å². The van der Waals surface area contributed by atoms with Crippen LogP contribution < -0.4 is 5.73 Å². The average Bonchev–Trinajstić information content (AvgIpc) is 2.05. The molecule has 1 N–H and O–H groups in total. The summed E-state index contributed by atoms with van der Waals surface area (Å²) in [6.45, 7) is 0.206. The van der Waals surface area contributed by atoms with Gasteiger partial charge in [0.1, 0.15) is 11.8 Å². The summed E-state index contributed by atoms with van der Waals surface area (Å²) < 4.78 is 0. The lowest BCUT2D eigenvalue weighted by molar-refractivity contribution is 1.01. The number of nitrogens with zero attached hydrogens (tertiary/aromatic N) is 2. The van der Waals surface area contributed by atoms with Gasteiger partial charge in [0.25, 0.3) is 0 Å². The van der Waals surface area contributed by atoms with Crippen LogP contribution in [0.3, 0.4) is 0 Å². The first kappa shape index (κ1) is 6.72. The molecule has 0 aliphatic heterocycles. The number of nitrogens with one attached hydrogen (secondary N) is 1. The van der Waals surface area contributed by atoms with E-state index in [2.05, 4.69) is 4.98 Å². The van der Waals surface area contributed by atoms with Gasteiger partial charge in [-0.2, -0.15) is 5.26 Å². The van der Waals surface area contributed by atoms with E-state index in [9.17, 15) is 0 Å². The Kier molecular flexibility index (Phi) is 1.98. The van der Waals surface area contributed by atoms with E-state index in [-0.39, 0.29) is 6.54 Å². The van der Waals surface area contributed by atoms with E-state index >= 15 is 0 Å². The van der Waals surface area contributed by atoms with Crippen LogP contribution in [0.5, 0.6) is 0 Å². The van der Waals surface area contributed by atoms with E-state index in [1.807, 2.05) is 6.07 Å². The molecule has 10 heavy (non-hydrogen) atoms. The van der Waals surface area contributed by atoms with Crippen LogP contribution in [0, 0.1) is 11.3 Å². The fourth-order valence-electron chi connectivity index (χ4n) is 0.645. The molecule has 0 aliphatic rings. The number of rotatable bonds is 1. The lowest BCUT2D eigenvalue weighted by Gasteiger charge is -1.92. The van der Waals surface area contributed by atoms with E-state index in [1.165, 1.54) is 0 Å². The molecule has 1 heterocycles. The Bertz CT molecular complexity index is 262. The molecule has 1 radical (unpaired) electrons. The van der Waals surface area contributed by atoms with Gasteiger partial charge in [-0.05, 0) is 17.7 Å². The smallest absolute Gasteiger partial charge is 0.140 e. The molecular weight excluding hydrogens is 126 g/mol. The highest BCUT2D eigenvalue weighted by Gasteiger charge is 1.91. The van der Waals surface area contributed by atoms with Crippen molar-refractivity contribution < 1.29 is 0 Å². The highest BCUT2D eigenvalue weighted by atomic mass is 14.7. The van der Waals surface area contributed by atoms with Gasteiger partial charge in [-0.1, -0.05) is 0 Å². The Hall–Kier alpha value is -1.40. The molecule has 0 saturated heterocycles. The van der Waals surface area contributed by atoms with Crippen molar-refractivity contribution in [2.45, 2.75) is 6.54 Å². The molecular formula is C7H6N3. The van der Waals surface area contributed by atoms with Gasteiger partial charge >= 0.3 is 0 Å². The molecule has 0 aliphatic carbocycles. The van der Waals surface area contributed by atoms with Crippen LogP contribution in [0.2, 0.25) is 0 Å². The lowest BCUT2D eigenvalue weighted by atomic mass is 10.2. The number of hydrogen-bond acceptors (Lipinski definition) is 2. The molecule has 0 spiro atoms. The van der Waals surface area contributed by atoms with Crippen LogP contribution in [-0.2, 0) is 6.54 Å². The topological polar surface area (TPSA) is 60.5 Å².